The molecule has 0 radical (unpaired) electrons. The quantitative estimate of drug-likeness (QED) is 0.136. The van der Waals surface area contributed by atoms with Crippen molar-refractivity contribution in [1.29, 1.82) is 0 Å². The minimum Gasteiger partial charge on any atom is -0.497 e. The first-order valence-electron chi connectivity index (χ1n) is 11.5. The van der Waals surface area contributed by atoms with Crippen LogP contribution in [0.25, 0.3) is 44.9 Å². The maximum absolute atomic E-state index is 9.75. The van der Waals surface area contributed by atoms with E-state index in [1.54, 1.807) is 7.11 Å². The highest BCUT2D eigenvalue weighted by atomic mass is 19.5. The second kappa shape index (κ2) is 11.6. The van der Waals surface area contributed by atoms with E-state index in [-0.39, 0.29) is 0 Å². The van der Waals surface area contributed by atoms with Crippen LogP contribution in [0.3, 0.4) is 0 Å². The van der Waals surface area contributed by atoms with Crippen molar-refractivity contribution in [2.45, 2.75) is 0 Å². The number of rotatable bonds is 5. The van der Waals surface area contributed by atoms with E-state index < -0.39 is 7.25 Å². The first-order valence-corrected chi connectivity index (χ1v) is 11.5. The van der Waals surface area contributed by atoms with Crippen molar-refractivity contribution in [1.82, 2.24) is 0 Å². The highest BCUT2D eigenvalue weighted by molar-refractivity contribution is 6.50. The summed E-state index contributed by atoms with van der Waals surface area (Å²) in [6.07, 6.45) is 0. The van der Waals surface area contributed by atoms with Crippen molar-refractivity contribution >= 4 is 7.25 Å². The molecule has 5 aromatic rings. The molecule has 7 heteroatoms. The van der Waals surface area contributed by atoms with Crippen LogP contribution in [0.1, 0.15) is 0 Å². The lowest BCUT2D eigenvalue weighted by Gasteiger charge is -2.11. The van der Waals surface area contributed by atoms with Crippen LogP contribution in [0.4, 0.5) is 17.3 Å². The minimum absolute atomic E-state index is 0.817. The van der Waals surface area contributed by atoms with Crippen molar-refractivity contribution in [3.63, 3.8) is 0 Å². The van der Waals surface area contributed by atoms with Gasteiger partial charge in [-0.05, 0) is 47.5 Å². The molecule has 0 amide bonds. The molecule has 37 heavy (non-hydrogen) atoms. The Morgan fingerprint density at radius 2 is 1.03 bits per heavy atom. The molecule has 1 aromatic heterocycles. The van der Waals surface area contributed by atoms with Gasteiger partial charge in [0.05, 0.1) is 29.9 Å². The van der Waals surface area contributed by atoms with Gasteiger partial charge in [-0.25, -0.2) is 4.42 Å². The fraction of sp³-hybridized carbons (Fsp3) is 0.0333. The maximum Gasteiger partial charge on any atom is 0.673 e. The fourth-order valence-electron chi connectivity index (χ4n) is 3.94. The molecule has 0 saturated carbocycles. The van der Waals surface area contributed by atoms with Crippen molar-refractivity contribution in [3.05, 3.63) is 121 Å². The molecule has 2 nitrogen and oxygen atoms in total. The SMILES string of the molecule is COc1ccc(-c2[o+]c(-c3ccccc3)cc(-c3ccccc3)c2-c2ccccc2)cc1.F[B-](F)(F)F. The summed E-state index contributed by atoms with van der Waals surface area (Å²) < 4.78 is 51.0. The third-order valence-electron chi connectivity index (χ3n) is 5.54. The zero-order chi connectivity index (χ0) is 26.3. The summed E-state index contributed by atoms with van der Waals surface area (Å²) in [6, 6.07) is 41.3. The molecule has 0 aliphatic carbocycles. The minimum atomic E-state index is -6.00. The van der Waals surface area contributed by atoms with Gasteiger partial charge in [-0.15, -0.1) is 0 Å². The van der Waals surface area contributed by atoms with Gasteiger partial charge in [0, 0.05) is 5.56 Å². The van der Waals surface area contributed by atoms with Gasteiger partial charge in [-0.1, -0.05) is 78.9 Å². The van der Waals surface area contributed by atoms with E-state index in [9.17, 15) is 17.3 Å². The van der Waals surface area contributed by atoms with Gasteiger partial charge in [-0.3, -0.25) is 0 Å². The van der Waals surface area contributed by atoms with Crippen molar-refractivity contribution in [3.8, 4) is 50.7 Å². The molecule has 0 unspecified atom stereocenters. The molecule has 5 rings (SSSR count). The van der Waals surface area contributed by atoms with Gasteiger partial charge in [0.15, 0.2) is 0 Å². The third-order valence-corrected chi connectivity index (χ3v) is 5.54. The standard InChI is InChI=1S/C30H23O2.BF4/c1-31-26-19-17-25(18-20-26)30-29(24-15-9-4-10-16-24)27(22-11-5-2-6-12-22)21-28(32-30)23-13-7-3-8-14-23;2-1(3,4)5/h2-21H,1H3;/q+1;-1. The van der Waals surface area contributed by atoms with Gasteiger partial charge in [0.1, 0.15) is 5.75 Å². The number of halogens is 4. The summed E-state index contributed by atoms with van der Waals surface area (Å²) in [5.74, 6) is 2.48. The topological polar surface area (TPSA) is 20.5 Å². The Bertz CT molecular complexity index is 1420. The van der Waals surface area contributed by atoms with Crippen molar-refractivity contribution < 1.29 is 26.4 Å². The number of benzene rings is 4. The highest BCUT2D eigenvalue weighted by Gasteiger charge is 2.28. The predicted molar refractivity (Wildman–Crippen MR) is 142 cm³/mol. The van der Waals surface area contributed by atoms with Crippen molar-refractivity contribution in [2.24, 2.45) is 0 Å². The van der Waals surface area contributed by atoms with E-state index in [0.717, 1.165) is 50.7 Å². The van der Waals surface area contributed by atoms with E-state index in [0.29, 0.717) is 0 Å². The molecule has 0 saturated heterocycles. The van der Waals surface area contributed by atoms with Gasteiger partial charge in [0.25, 0.3) is 0 Å². The molecule has 0 N–H and O–H groups in total. The van der Waals surface area contributed by atoms with Crippen LogP contribution in [-0.2, 0) is 0 Å². The number of methoxy groups -OCH3 is 1. The van der Waals surface area contributed by atoms with Crippen LogP contribution in [-0.4, -0.2) is 14.4 Å². The molecule has 0 fully saturated rings. The summed E-state index contributed by atoms with van der Waals surface area (Å²) in [5.41, 5.74) is 6.50. The van der Waals surface area contributed by atoms with Gasteiger partial charge in [0.2, 0.25) is 0 Å². The summed E-state index contributed by atoms with van der Waals surface area (Å²) in [5, 5.41) is 0. The Labute approximate surface area is 212 Å². The summed E-state index contributed by atoms with van der Waals surface area (Å²) in [7, 11) is -4.32. The van der Waals surface area contributed by atoms with Gasteiger partial charge >= 0.3 is 18.8 Å². The van der Waals surface area contributed by atoms with Crippen LogP contribution >= 0.6 is 0 Å². The smallest absolute Gasteiger partial charge is 0.497 e. The molecular weight excluding hydrogens is 479 g/mol. The Morgan fingerprint density at radius 1 is 0.568 bits per heavy atom. The van der Waals surface area contributed by atoms with E-state index in [1.807, 2.05) is 54.6 Å². The average Bonchev–Trinajstić information content (AvgIpc) is 2.93. The number of ether oxygens (including phenoxy) is 1. The van der Waals surface area contributed by atoms with Crippen LogP contribution in [0, 0.1) is 0 Å². The monoisotopic (exact) mass is 502 g/mol. The number of hydrogen-bond acceptors (Lipinski definition) is 1. The molecule has 0 spiro atoms. The normalized spacial score (nSPS) is 10.8. The Balaban J connectivity index is 0.000000586. The lowest BCUT2D eigenvalue weighted by molar-refractivity contribution is 0.368. The first-order chi connectivity index (χ1) is 17.8. The van der Waals surface area contributed by atoms with Crippen LogP contribution in [0.15, 0.2) is 126 Å². The number of hydrogen-bond donors (Lipinski definition) is 0. The Kier molecular flexibility index (Phi) is 8.03. The molecular formula is C30H23BF4O2. The first kappa shape index (κ1) is 25.7. The van der Waals surface area contributed by atoms with E-state index in [4.69, 9.17) is 9.15 Å². The van der Waals surface area contributed by atoms with Crippen LogP contribution in [0.2, 0.25) is 0 Å². The highest BCUT2D eigenvalue weighted by Crippen LogP contribution is 2.43. The van der Waals surface area contributed by atoms with Crippen molar-refractivity contribution in [2.75, 3.05) is 7.11 Å². The fourth-order valence-corrected chi connectivity index (χ4v) is 3.94. The molecule has 0 bridgehead atoms. The second-order valence-corrected chi connectivity index (χ2v) is 8.05. The Hall–Kier alpha value is -4.39. The van der Waals surface area contributed by atoms with Gasteiger partial charge in [-0.2, -0.15) is 0 Å². The maximum atomic E-state index is 9.75. The van der Waals surface area contributed by atoms with Crippen LogP contribution in [0.5, 0.6) is 5.75 Å². The van der Waals surface area contributed by atoms with E-state index in [1.165, 1.54) is 0 Å². The second-order valence-electron chi connectivity index (χ2n) is 8.05. The predicted octanol–water partition coefficient (Wildman–Crippen LogP) is 9.54. The molecule has 4 aromatic carbocycles. The zero-order valence-electron chi connectivity index (χ0n) is 20.0. The van der Waals surface area contributed by atoms with E-state index >= 15 is 0 Å². The molecule has 0 atom stereocenters. The summed E-state index contributed by atoms with van der Waals surface area (Å²) >= 11 is 0. The van der Waals surface area contributed by atoms with Gasteiger partial charge < -0.3 is 22.0 Å². The lowest BCUT2D eigenvalue weighted by Crippen LogP contribution is -2.02. The average molecular weight is 502 g/mol. The van der Waals surface area contributed by atoms with E-state index in [2.05, 4.69) is 66.7 Å². The third kappa shape index (κ3) is 6.85. The lowest BCUT2D eigenvalue weighted by atomic mass is 9.91. The largest absolute Gasteiger partial charge is 0.673 e. The molecule has 1 heterocycles. The summed E-state index contributed by atoms with van der Waals surface area (Å²) in [6.45, 7) is 0. The molecule has 0 aliphatic rings. The molecule has 186 valence electrons. The summed E-state index contributed by atoms with van der Waals surface area (Å²) in [4.78, 5) is 0. The zero-order valence-corrected chi connectivity index (χ0v) is 20.0. The Morgan fingerprint density at radius 3 is 1.51 bits per heavy atom. The molecule has 0 aliphatic heterocycles. The van der Waals surface area contributed by atoms with Crippen LogP contribution < -0.4 is 4.74 Å².